The molecule has 3 amide bonds. The molecule has 0 saturated carbocycles. The number of carbonyl (C=O) groups excluding carboxylic acids is 2. The molecule has 0 spiro atoms. The number of urea groups is 1. The minimum absolute atomic E-state index is 0.0118. The fourth-order valence-corrected chi connectivity index (χ4v) is 2.79. The van der Waals surface area contributed by atoms with E-state index in [1.54, 1.807) is 12.1 Å². The number of anilines is 1. The molecule has 2 rings (SSSR count). The monoisotopic (exact) mass is 308 g/mol. The highest BCUT2D eigenvalue weighted by Gasteiger charge is 2.44. The van der Waals surface area contributed by atoms with E-state index in [2.05, 4.69) is 0 Å². The Kier molecular flexibility index (Phi) is 3.22. The highest BCUT2D eigenvalue weighted by atomic mass is 35.7. The van der Waals surface area contributed by atoms with Crippen molar-refractivity contribution < 1.29 is 18.0 Å². The molecule has 1 heterocycles. The lowest BCUT2D eigenvalue weighted by atomic mass is 10.3. The Labute approximate surface area is 112 Å². The topological polar surface area (TPSA) is 74.8 Å². The molecule has 96 valence electrons. The van der Waals surface area contributed by atoms with Crippen LogP contribution in [-0.2, 0) is 14.0 Å². The lowest BCUT2D eigenvalue weighted by molar-refractivity contribution is -0.121. The van der Waals surface area contributed by atoms with Crippen LogP contribution in [0.4, 0.5) is 10.5 Å². The standard InChI is InChI=1S/C9H6Cl2N2O4S/c10-6-3-1-2-4-7(6)12-5-8(14)13(9(12)15)18(11,16)17/h1-4H,5H2. The van der Waals surface area contributed by atoms with Gasteiger partial charge >= 0.3 is 15.3 Å². The van der Waals surface area contributed by atoms with Crippen molar-refractivity contribution in [2.45, 2.75) is 0 Å². The second-order valence-electron chi connectivity index (χ2n) is 3.42. The average Bonchev–Trinajstić information content (AvgIpc) is 2.54. The van der Waals surface area contributed by atoms with Gasteiger partial charge in [-0.05, 0) is 12.1 Å². The first-order valence-electron chi connectivity index (χ1n) is 4.66. The molecule has 0 radical (unpaired) electrons. The first-order chi connectivity index (χ1) is 8.32. The predicted molar refractivity (Wildman–Crippen MR) is 65.8 cm³/mol. The van der Waals surface area contributed by atoms with Crippen molar-refractivity contribution in [2.75, 3.05) is 11.4 Å². The fraction of sp³-hybridized carbons (Fsp3) is 0.111. The molecule has 1 aliphatic rings. The lowest BCUT2D eigenvalue weighted by Crippen LogP contribution is -2.35. The Hall–Kier alpha value is -1.31. The Morgan fingerprint density at radius 3 is 2.28 bits per heavy atom. The zero-order valence-electron chi connectivity index (χ0n) is 8.71. The molecular formula is C9H6Cl2N2O4S. The summed E-state index contributed by atoms with van der Waals surface area (Å²) in [4.78, 5) is 24.3. The summed E-state index contributed by atoms with van der Waals surface area (Å²) >= 11 is 5.87. The molecule has 1 saturated heterocycles. The highest BCUT2D eigenvalue weighted by molar-refractivity contribution is 8.12. The van der Waals surface area contributed by atoms with E-state index in [0.29, 0.717) is 0 Å². The second-order valence-corrected chi connectivity index (χ2v) is 6.19. The van der Waals surface area contributed by atoms with Gasteiger partial charge in [-0.3, -0.25) is 9.69 Å². The molecule has 0 unspecified atom stereocenters. The molecule has 1 aliphatic heterocycles. The summed E-state index contributed by atoms with van der Waals surface area (Å²) in [5.74, 6) is -0.921. The molecule has 6 nitrogen and oxygen atoms in total. The SMILES string of the molecule is O=C1CN(c2ccccc2Cl)C(=O)N1S(=O)(=O)Cl. The van der Waals surface area contributed by atoms with Crippen LogP contribution in [-0.4, -0.2) is 31.2 Å². The van der Waals surface area contributed by atoms with Crippen molar-refractivity contribution in [3.8, 4) is 0 Å². The third-order valence-corrected chi connectivity index (χ3v) is 3.82. The van der Waals surface area contributed by atoms with Crippen LogP contribution in [0.3, 0.4) is 0 Å². The van der Waals surface area contributed by atoms with Crippen LogP contribution in [0.5, 0.6) is 0 Å². The highest BCUT2D eigenvalue weighted by Crippen LogP contribution is 2.30. The van der Waals surface area contributed by atoms with E-state index in [4.69, 9.17) is 22.3 Å². The molecular weight excluding hydrogens is 303 g/mol. The maximum Gasteiger partial charge on any atom is 0.346 e. The predicted octanol–water partition coefficient (Wildman–Crippen LogP) is 1.59. The number of hydrogen-bond acceptors (Lipinski definition) is 4. The van der Waals surface area contributed by atoms with Gasteiger partial charge in [0.25, 0.3) is 5.91 Å². The van der Waals surface area contributed by atoms with Gasteiger partial charge in [0.05, 0.1) is 10.7 Å². The van der Waals surface area contributed by atoms with Crippen molar-refractivity contribution >= 4 is 49.1 Å². The third-order valence-electron chi connectivity index (χ3n) is 2.29. The van der Waals surface area contributed by atoms with Crippen LogP contribution in [0.15, 0.2) is 24.3 Å². The largest absolute Gasteiger partial charge is 0.346 e. The molecule has 0 aromatic heterocycles. The number of para-hydroxylation sites is 1. The smallest absolute Gasteiger partial charge is 0.282 e. The summed E-state index contributed by atoms with van der Waals surface area (Å²) in [7, 11) is 0.586. The number of nitrogens with zero attached hydrogens (tertiary/aromatic N) is 2. The van der Waals surface area contributed by atoms with Gasteiger partial charge in [-0.15, -0.1) is 4.31 Å². The zero-order chi connectivity index (χ0) is 13.5. The van der Waals surface area contributed by atoms with E-state index in [1.165, 1.54) is 12.1 Å². The second kappa shape index (κ2) is 4.42. The van der Waals surface area contributed by atoms with Gasteiger partial charge in [0.1, 0.15) is 6.54 Å². The summed E-state index contributed by atoms with van der Waals surface area (Å²) in [6.45, 7) is -0.422. The van der Waals surface area contributed by atoms with E-state index in [0.717, 1.165) is 4.90 Å². The van der Waals surface area contributed by atoms with Gasteiger partial charge in [-0.2, -0.15) is 8.42 Å². The first-order valence-corrected chi connectivity index (χ1v) is 7.30. The number of benzene rings is 1. The fourth-order valence-electron chi connectivity index (χ4n) is 1.56. The number of carbonyl (C=O) groups is 2. The van der Waals surface area contributed by atoms with Crippen molar-refractivity contribution in [2.24, 2.45) is 0 Å². The van der Waals surface area contributed by atoms with Crippen LogP contribution < -0.4 is 4.90 Å². The van der Waals surface area contributed by atoms with E-state index in [1.807, 2.05) is 0 Å². The Morgan fingerprint density at radius 2 is 1.78 bits per heavy atom. The van der Waals surface area contributed by atoms with E-state index in [-0.39, 0.29) is 15.0 Å². The van der Waals surface area contributed by atoms with Crippen LogP contribution in [0.25, 0.3) is 0 Å². The molecule has 9 heteroatoms. The third kappa shape index (κ3) is 2.16. The number of amides is 3. The first kappa shape index (κ1) is 13.1. The summed E-state index contributed by atoms with van der Waals surface area (Å²) in [5, 5.41) is 0.229. The van der Waals surface area contributed by atoms with Gasteiger partial charge in [-0.1, -0.05) is 23.7 Å². The van der Waals surface area contributed by atoms with Crippen molar-refractivity contribution in [3.05, 3.63) is 29.3 Å². The van der Waals surface area contributed by atoms with E-state index >= 15 is 0 Å². The van der Waals surface area contributed by atoms with Gasteiger partial charge < -0.3 is 0 Å². The molecule has 0 N–H and O–H groups in total. The molecule has 1 aromatic carbocycles. The summed E-state index contributed by atoms with van der Waals surface area (Å²) in [5.41, 5.74) is 0.250. The minimum Gasteiger partial charge on any atom is -0.282 e. The van der Waals surface area contributed by atoms with Gasteiger partial charge in [0.15, 0.2) is 0 Å². The molecule has 0 bridgehead atoms. The van der Waals surface area contributed by atoms with Crippen LogP contribution in [0, 0.1) is 0 Å². The van der Waals surface area contributed by atoms with Gasteiger partial charge in [0.2, 0.25) is 0 Å². The zero-order valence-corrected chi connectivity index (χ0v) is 11.0. The summed E-state index contributed by atoms with van der Waals surface area (Å²) in [6, 6.07) is 5.23. The number of rotatable bonds is 2. The van der Waals surface area contributed by atoms with Gasteiger partial charge in [0, 0.05) is 10.7 Å². The van der Waals surface area contributed by atoms with Crippen LogP contribution in [0.1, 0.15) is 0 Å². The molecule has 0 atom stereocenters. The van der Waals surface area contributed by atoms with Crippen molar-refractivity contribution in [3.63, 3.8) is 0 Å². The maximum atomic E-state index is 11.8. The lowest BCUT2D eigenvalue weighted by Gasteiger charge is -2.16. The average molecular weight is 309 g/mol. The van der Waals surface area contributed by atoms with Crippen molar-refractivity contribution in [1.82, 2.24) is 4.31 Å². The van der Waals surface area contributed by atoms with E-state index in [9.17, 15) is 18.0 Å². The Balaban J connectivity index is 2.44. The molecule has 18 heavy (non-hydrogen) atoms. The molecule has 0 aliphatic carbocycles. The van der Waals surface area contributed by atoms with Crippen LogP contribution in [0.2, 0.25) is 5.02 Å². The molecule has 1 fully saturated rings. The minimum atomic E-state index is -4.43. The summed E-state index contributed by atoms with van der Waals surface area (Å²) < 4.78 is 22.2. The molecule has 1 aromatic rings. The summed E-state index contributed by atoms with van der Waals surface area (Å²) in [6.07, 6.45) is 0. The van der Waals surface area contributed by atoms with Crippen molar-refractivity contribution in [1.29, 1.82) is 0 Å². The van der Waals surface area contributed by atoms with E-state index < -0.39 is 27.7 Å². The van der Waals surface area contributed by atoms with Gasteiger partial charge in [-0.25, -0.2) is 4.79 Å². The normalized spacial score (nSPS) is 16.6. The quantitative estimate of drug-likeness (QED) is 0.614. The Bertz CT molecular complexity index is 631. The van der Waals surface area contributed by atoms with Crippen LogP contribution >= 0.6 is 22.3 Å². The maximum absolute atomic E-state index is 11.8. The number of hydrogen-bond donors (Lipinski definition) is 0. The number of halogens is 2. The number of imide groups is 1. The Morgan fingerprint density at radius 1 is 1.17 bits per heavy atom.